The highest BCUT2D eigenvalue weighted by atomic mass is 35.5. The van der Waals surface area contributed by atoms with Crippen molar-refractivity contribution in [3.05, 3.63) is 57.4 Å². The van der Waals surface area contributed by atoms with Crippen molar-refractivity contribution in [1.82, 2.24) is 15.0 Å². The van der Waals surface area contributed by atoms with E-state index in [2.05, 4.69) is 25.6 Å². The molecule has 0 unspecified atom stereocenters. The molecule has 2 aromatic heterocycles. The molecule has 6 nitrogen and oxygen atoms in total. The molecule has 0 aliphatic heterocycles. The molecule has 0 radical (unpaired) electrons. The number of hydrogen-bond acceptors (Lipinski definition) is 6. The predicted molar refractivity (Wildman–Crippen MR) is 106 cm³/mol. The lowest BCUT2D eigenvalue weighted by molar-refractivity contribution is 0.103. The first kappa shape index (κ1) is 18.3. The van der Waals surface area contributed by atoms with E-state index < -0.39 is 0 Å². The predicted octanol–water partition coefficient (Wildman–Crippen LogP) is 4.76. The summed E-state index contributed by atoms with van der Waals surface area (Å²) in [5, 5.41) is 7.07. The van der Waals surface area contributed by atoms with Crippen molar-refractivity contribution in [2.45, 2.75) is 27.2 Å². The van der Waals surface area contributed by atoms with Crippen molar-refractivity contribution in [2.75, 3.05) is 10.6 Å². The monoisotopic (exact) mass is 387 g/mol. The van der Waals surface area contributed by atoms with Gasteiger partial charge in [0.2, 0.25) is 0 Å². The van der Waals surface area contributed by atoms with Crippen molar-refractivity contribution in [3.8, 4) is 0 Å². The Hall–Kier alpha value is -2.51. The molecular weight excluding hydrogens is 370 g/mol. The van der Waals surface area contributed by atoms with Gasteiger partial charge in [-0.3, -0.25) is 4.79 Å². The molecule has 0 saturated heterocycles. The molecule has 0 aliphatic carbocycles. The van der Waals surface area contributed by atoms with Gasteiger partial charge in [0.1, 0.15) is 16.5 Å². The van der Waals surface area contributed by atoms with Crippen LogP contribution in [0.1, 0.15) is 33.7 Å². The number of aromatic nitrogens is 3. The van der Waals surface area contributed by atoms with Gasteiger partial charge in [0.15, 0.2) is 5.13 Å². The SMILES string of the molecule is CCc1cc(Nc2ncc(C(=O)Nc3c(C)cccc3Cl)s2)nc(C)n1. The van der Waals surface area contributed by atoms with Gasteiger partial charge in [-0.15, -0.1) is 0 Å². The number of benzene rings is 1. The Balaban J connectivity index is 1.75. The number of nitrogens with zero attached hydrogens (tertiary/aromatic N) is 3. The number of amides is 1. The molecular formula is C18H18ClN5OS. The van der Waals surface area contributed by atoms with Crippen molar-refractivity contribution < 1.29 is 4.79 Å². The fourth-order valence-corrected chi connectivity index (χ4v) is 3.37. The van der Waals surface area contributed by atoms with Crippen LogP contribution in [0.5, 0.6) is 0 Å². The van der Waals surface area contributed by atoms with Crippen molar-refractivity contribution >= 4 is 45.5 Å². The summed E-state index contributed by atoms with van der Waals surface area (Å²) in [4.78, 5) is 25.9. The molecule has 26 heavy (non-hydrogen) atoms. The molecule has 3 aromatic rings. The molecule has 134 valence electrons. The van der Waals surface area contributed by atoms with E-state index in [0.717, 1.165) is 17.7 Å². The molecule has 1 amide bonds. The Morgan fingerprint density at radius 1 is 1.27 bits per heavy atom. The number of hydrogen-bond donors (Lipinski definition) is 2. The van der Waals surface area contributed by atoms with Crippen LogP contribution in [0.25, 0.3) is 0 Å². The quantitative estimate of drug-likeness (QED) is 0.659. The number of thiazole rings is 1. The summed E-state index contributed by atoms with van der Waals surface area (Å²) in [6.45, 7) is 5.77. The van der Waals surface area contributed by atoms with Gasteiger partial charge in [-0.1, -0.05) is 42.0 Å². The van der Waals surface area contributed by atoms with Gasteiger partial charge in [-0.25, -0.2) is 15.0 Å². The van der Waals surface area contributed by atoms with Gasteiger partial charge in [0.25, 0.3) is 5.91 Å². The van der Waals surface area contributed by atoms with Gasteiger partial charge in [0.05, 0.1) is 16.9 Å². The molecule has 0 saturated carbocycles. The van der Waals surface area contributed by atoms with Crippen LogP contribution in [-0.2, 0) is 6.42 Å². The van der Waals surface area contributed by atoms with Crippen LogP contribution >= 0.6 is 22.9 Å². The first-order chi connectivity index (χ1) is 12.5. The Kier molecular flexibility index (Phi) is 5.49. The smallest absolute Gasteiger partial charge is 0.267 e. The Morgan fingerprint density at radius 3 is 2.81 bits per heavy atom. The van der Waals surface area contributed by atoms with Crippen LogP contribution in [0.15, 0.2) is 30.5 Å². The number of carbonyl (C=O) groups excluding carboxylic acids is 1. The maximum atomic E-state index is 12.5. The molecule has 0 fully saturated rings. The molecule has 1 aromatic carbocycles. The lowest BCUT2D eigenvalue weighted by Gasteiger charge is -2.08. The highest BCUT2D eigenvalue weighted by Crippen LogP contribution is 2.27. The molecule has 3 rings (SSSR count). The van der Waals surface area contributed by atoms with Crippen LogP contribution in [-0.4, -0.2) is 20.9 Å². The van der Waals surface area contributed by atoms with Crippen LogP contribution in [0.4, 0.5) is 16.6 Å². The number of nitrogens with one attached hydrogen (secondary N) is 2. The highest BCUT2D eigenvalue weighted by Gasteiger charge is 2.14. The van der Waals surface area contributed by atoms with E-state index in [-0.39, 0.29) is 5.91 Å². The van der Waals surface area contributed by atoms with Crippen molar-refractivity contribution in [1.29, 1.82) is 0 Å². The van der Waals surface area contributed by atoms with E-state index in [1.807, 2.05) is 39.0 Å². The minimum absolute atomic E-state index is 0.250. The first-order valence-electron chi connectivity index (χ1n) is 8.10. The second-order valence-corrected chi connectivity index (χ2v) is 7.12. The van der Waals surface area contributed by atoms with Gasteiger partial charge >= 0.3 is 0 Å². The van der Waals surface area contributed by atoms with Gasteiger partial charge in [0, 0.05) is 11.8 Å². The molecule has 2 heterocycles. The molecule has 0 aliphatic rings. The Labute approximate surface area is 160 Å². The van der Waals surface area contributed by atoms with Crippen molar-refractivity contribution in [3.63, 3.8) is 0 Å². The van der Waals surface area contributed by atoms with E-state index in [4.69, 9.17) is 11.6 Å². The third-order valence-electron chi connectivity index (χ3n) is 3.68. The third kappa shape index (κ3) is 4.17. The molecule has 2 N–H and O–H groups in total. The number of carbonyl (C=O) groups is 1. The van der Waals surface area contributed by atoms with Gasteiger partial charge < -0.3 is 10.6 Å². The second kappa shape index (κ2) is 7.80. The zero-order chi connectivity index (χ0) is 18.7. The number of para-hydroxylation sites is 1. The minimum Gasteiger partial charge on any atom is -0.320 e. The summed E-state index contributed by atoms with van der Waals surface area (Å²) < 4.78 is 0. The van der Waals surface area contributed by atoms with Crippen molar-refractivity contribution in [2.24, 2.45) is 0 Å². The molecule has 0 atom stereocenters. The van der Waals surface area contributed by atoms with E-state index in [0.29, 0.717) is 32.4 Å². The second-order valence-electron chi connectivity index (χ2n) is 5.69. The van der Waals surface area contributed by atoms with Crippen LogP contribution in [0.2, 0.25) is 5.02 Å². The number of anilines is 3. The highest BCUT2D eigenvalue weighted by molar-refractivity contribution is 7.17. The van der Waals surface area contributed by atoms with Crippen LogP contribution < -0.4 is 10.6 Å². The van der Waals surface area contributed by atoms with E-state index >= 15 is 0 Å². The van der Waals surface area contributed by atoms with E-state index in [1.165, 1.54) is 17.5 Å². The minimum atomic E-state index is -0.250. The summed E-state index contributed by atoms with van der Waals surface area (Å²) in [5.74, 6) is 1.10. The molecule has 0 bridgehead atoms. The third-order valence-corrected chi connectivity index (χ3v) is 4.90. The number of rotatable bonds is 5. The van der Waals surface area contributed by atoms with Crippen LogP contribution in [0.3, 0.4) is 0 Å². The first-order valence-corrected chi connectivity index (χ1v) is 9.29. The fourth-order valence-electron chi connectivity index (χ4n) is 2.39. The topological polar surface area (TPSA) is 79.8 Å². The average molecular weight is 388 g/mol. The van der Waals surface area contributed by atoms with E-state index in [1.54, 1.807) is 6.07 Å². The zero-order valence-corrected chi connectivity index (χ0v) is 16.2. The fraction of sp³-hybridized carbons (Fsp3) is 0.222. The summed E-state index contributed by atoms with van der Waals surface area (Å²) >= 11 is 7.41. The molecule has 0 spiro atoms. The standard InChI is InChI=1S/C18H18ClN5OS/c1-4-12-8-15(22-11(3)21-12)23-18-20-9-14(26-18)17(25)24-16-10(2)6-5-7-13(16)19/h5-9H,4H2,1-3H3,(H,24,25)(H,20,21,22,23). The summed E-state index contributed by atoms with van der Waals surface area (Å²) in [6.07, 6.45) is 2.35. The zero-order valence-electron chi connectivity index (χ0n) is 14.6. The largest absolute Gasteiger partial charge is 0.320 e. The summed E-state index contributed by atoms with van der Waals surface area (Å²) in [7, 11) is 0. The van der Waals surface area contributed by atoms with E-state index in [9.17, 15) is 4.79 Å². The van der Waals surface area contributed by atoms with Gasteiger partial charge in [-0.2, -0.15) is 0 Å². The Morgan fingerprint density at radius 2 is 2.08 bits per heavy atom. The average Bonchev–Trinajstić information content (AvgIpc) is 3.06. The Bertz CT molecular complexity index is 936. The number of halogens is 1. The number of aryl methyl sites for hydroxylation is 3. The summed E-state index contributed by atoms with van der Waals surface area (Å²) in [6, 6.07) is 7.36. The lowest BCUT2D eigenvalue weighted by atomic mass is 10.2. The maximum Gasteiger partial charge on any atom is 0.267 e. The molecule has 8 heteroatoms. The van der Waals surface area contributed by atoms with Crippen LogP contribution in [0, 0.1) is 13.8 Å². The van der Waals surface area contributed by atoms with Gasteiger partial charge in [-0.05, 0) is 31.9 Å². The lowest BCUT2D eigenvalue weighted by Crippen LogP contribution is -2.11. The normalized spacial score (nSPS) is 10.6. The summed E-state index contributed by atoms with van der Waals surface area (Å²) in [5.41, 5.74) is 2.46. The maximum absolute atomic E-state index is 12.5.